The number of hydrogen-bond donors (Lipinski definition) is 3. The largest absolute Gasteiger partial charge is 0.376 e. The molecule has 6 nitrogen and oxygen atoms in total. The van der Waals surface area contributed by atoms with Crippen LogP contribution in [0.15, 0.2) is 0 Å². The van der Waals surface area contributed by atoms with Gasteiger partial charge in [-0.05, 0) is 33.6 Å². The van der Waals surface area contributed by atoms with Crippen LogP contribution in [0.3, 0.4) is 0 Å². The van der Waals surface area contributed by atoms with Gasteiger partial charge in [0.1, 0.15) is 0 Å². The Kier molecular flexibility index (Phi) is 6.80. The lowest BCUT2D eigenvalue weighted by Crippen LogP contribution is -2.93. The smallest absolute Gasteiger partial charge is 0.278 e. The van der Waals surface area contributed by atoms with Crippen LogP contribution in [0.25, 0.3) is 0 Å². The molecule has 0 unspecified atom stereocenters. The Hall–Kier alpha value is -1.14. The van der Waals surface area contributed by atoms with Gasteiger partial charge in [-0.3, -0.25) is 9.59 Å². The molecule has 1 saturated heterocycles. The maximum absolute atomic E-state index is 11.8. The molecule has 6 heteroatoms. The molecule has 0 radical (unpaired) electrons. The Balaban J connectivity index is 2.15. The summed E-state index contributed by atoms with van der Waals surface area (Å²) in [4.78, 5) is 23.3. The van der Waals surface area contributed by atoms with E-state index in [-0.39, 0.29) is 36.5 Å². The van der Waals surface area contributed by atoms with E-state index in [1.54, 1.807) is 12.2 Å². The van der Waals surface area contributed by atoms with Gasteiger partial charge in [0.2, 0.25) is 0 Å². The van der Waals surface area contributed by atoms with Crippen molar-refractivity contribution in [3.8, 4) is 0 Å². The van der Waals surface area contributed by atoms with Crippen molar-refractivity contribution < 1.29 is 19.6 Å². The average Bonchev–Trinajstić information content (AvgIpc) is 2.85. The van der Waals surface area contributed by atoms with Gasteiger partial charge >= 0.3 is 0 Å². The lowest BCUT2D eigenvalue weighted by Gasteiger charge is -2.14. The maximum atomic E-state index is 11.8. The minimum Gasteiger partial charge on any atom is -0.376 e. The van der Waals surface area contributed by atoms with E-state index in [1.807, 2.05) is 13.8 Å². The van der Waals surface area contributed by atoms with E-state index in [1.165, 1.54) is 0 Å². The molecule has 0 aromatic rings. The van der Waals surface area contributed by atoms with Crippen molar-refractivity contribution in [1.82, 2.24) is 10.6 Å². The number of carbonyl (C=O) groups is 2. The van der Waals surface area contributed by atoms with Gasteiger partial charge in [-0.15, -0.1) is 0 Å². The molecule has 0 aromatic carbocycles. The highest BCUT2D eigenvalue weighted by Gasteiger charge is 2.20. The van der Waals surface area contributed by atoms with Crippen LogP contribution in [0, 0.1) is 0 Å². The molecule has 1 aliphatic rings. The highest BCUT2D eigenvalue weighted by atomic mass is 16.5. The first-order valence-corrected chi connectivity index (χ1v) is 7.01. The van der Waals surface area contributed by atoms with E-state index < -0.39 is 0 Å². The van der Waals surface area contributed by atoms with Gasteiger partial charge in [0, 0.05) is 19.2 Å². The van der Waals surface area contributed by atoms with Crippen LogP contribution in [-0.4, -0.2) is 49.7 Å². The van der Waals surface area contributed by atoms with E-state index in [2.05, 4.69) is 10.6 Å². The van der Waals surface area contributed by atoms with Crippen molar-refractivity contribution in [2.75, 3.05) is 19.7 Å². The van der Waals surface area contributed by atoms with Gasteiger partial charge in [0.15, 0.2) is 12.6 Å². The summed E-state index contributed by atoms with van der Waals surface area (Å²) in [5, 5.41) is 7.39. The summed E-state index contributed by atoms with van der Waals surface area (Å²) in [7, 11) is 0. The molecule has 4 N–H and O–H groups in total. The van der Waals surface area contributed by atoms with Gasteiger partial charge in [0.25, 0.3) is 11.8 Å². The Morgan fingerprint density at radius 2 is 2.11 bits per heavy atom. The number of quaternary nitrogens is 1. The van der Waals surface area contributed by atoms with Gasteiger partial charge in [-0.2, -0.15) is 0 Å². The van der Waals surface area contributed by atoms with Crippen LogP contribution in [0.1, 0.15) is 33.6 Å². The molecule has 0 aliphatic carbocycles. The fourth-order valence-electron chi connectivity index (χ4n) is 1.95. The fourth-order valence-corrected chi connectivity index (χ4v) is 1.95. The third kappa shape index (κ3) is 6.54. The first-order valence-electron chi connectivity index (χ1n) is 7.01. The lowest BCUT2D eigenvalue weighted by atomic mass is 10.2. The summed E-state index contributed by atoms with van der Waals surface area (Å²) in [5.74, 6) is -0.0957. The standard InChI is InChI=1S/C13H25N3O3/c1-9(2)16-12(17)8-14-10(3)13(18)15-7-11-5-4-6-19-11/h9-11,14H,4-8H2,1-3H3,(H,15,18)(H,16,17)/p+1/t10-,11-/m1/s1. The van der Waals surface area contributed by atoms with Gasteiger partial charge in [-0.25, -0.2) is 0 Å². The zero-order chi connectivity index (χ0) is 14.3. The normalized spacial score (nSPS) is 20.3. The molecule has 110 valence electrons. The fraction of sp³-hybridized carbons (Fsp3) is 0.846. The Labute approximate surface area is 114 Å². The minimum atomic E-state index is -0.265. The molecule has 1 rings (SSSR count). The van der Waals surface area contributed by atoms with E-state index in [9.17, 15) is 9.59 Å². The number of amides is 2. The number of nitrogens with one attached hydrogen (secondary N) is 2. The zero-order valence-corrected chi connectivity index (χ0v) is 12.1. The van der Waals surface area contributed by atoms with Crippen molar-refractivity contribution in [3.63, 3.8) is 0 Å². The Morgan fingerprint density at radius 3 is 2.68 bits per heavy atom. The molecular weight excluding hydrogens is 246 g/mol. The topological polar surface area (TPSA) is 84.0 Å². The van der Waals surface area contributed by atoms with Crippen LogP contribution in [0.5, 0.6) is 0 Å². The molecule has 0 aromatic heterocycles. The van der Waals surface area contributed by atoms with Crippen LogP contribution in [0.2, 0.25) is 0 Å². The van der Waals surface area contributed by atoms with Gasteiger partial charge in [-0.1, -0.05) is 0 Å². The molecule has 0 bridgehead atoms. The molecule has 2 atom stereocenters. The van der Waals surface area contributed by atoms with Crippen molar-refractivity contribution in [3.05, 3.63) is 0 Å². The zero-order valence-electron chi connectivity index (χ0n) is 12.1. The highest BCUT2D eigenvalue weighted by Crippen LogP contribution is 2.10. The van der Waals surface area contributed by atoms with Crippen LogP contribution in [0.4, 0.5) is 0 Å². The van der Waals surface area contributed by atoms with Crippen molar-refractivity contribution in [2.45, 2.75) is 51.8 Å². The summed E-state index contributed by atoms with van der Waals surface area (Å²) in [5.41, 5.74) is 0. The van der Waals surface area contributed by atoms with Crippen LogP contribution < -0.4 is 16.0 Å². The minimum absolute atomic E-state index is 0.0474. The number of ether oxygens (including phenoxy) is 1. The van der Waals surface area contributed by atoms with Gasteiger partial charge < -0.3 is 20.7 Å². The molecule has 1 aliphatic heterocycles. The van der Waals surface area contributed by atoms with Gasteiger partial charge in [0.05, 0.1) is 6.10 Å². The average molecular weight is 272 g/mol. The second-order valence-electron chi connectivity index (χ2n) is 5.33. The number of rotatable bonds is 7. The summed E-state index contributed by atoms with van der Waals surface area (Å²) in [6.45, 7) is 7.25. The van der Waals surface area contributed by atoms with E-state index in [0.29, 0.717) is 6.54 Å². The van der Waals surface area contributed by atoms with E-state index in [0.717, 1.165) is 19.4 Å². The second-order valence-corrected chi connectivity index (χ2v) is 5.33. The van der Waals surface area contributed by atoms with Crippen molar-refractivity contribution >= 4 is 11.8 Å². The third-order valence-electron chi connectivity index (χ3n) is 3.05. The summed E-state index contributed by atoms with van der Waals surface area (Å²) < 4.78 is 5.44. The monoisotopic (exact) mass is 272 g/mol. The molecular formula is C13H26N3O3+. The molecule has 0 spiro atoms. The summed E-state index contributed by atoms with van der Waals surface area (Å²) in [6.07, 6.45) is 2.23. The second kappa shape index (κ2) is 8.12. The molecule has 0 saturated carbocycles. The number of hydrogen-bond acceptors (Lipinski definition) is 3. The predicted molar refractivity (Wildman–Crippen MR) is 71.5 cm³/mol. The molecule has 2 amide bonds. The number of carbonyl (C=O) groups excluding carboxylic acids is 2. The van der Waals surface area contributed by atoms with E-state index >= 15 is 0 Å². The first kappa shape index (κ1) is 15.9. The summed E-state index contributed by atoms with van der Waals surface area (Å²) >= 11 is 0. The highest BCUT2D eigenvalue weighted by molar-refractivity contribution is 5.80. The first-order chi connectivity index (χ1) is 8.99. The Bertz CT molecular complexity index is 302. The number of nitrogens with two attached hydrogens (primary N) is 1. The SMILES string of the molecule is CC(C)NC(=O)C[NH2+][C@H](C)C(=O)NC[C@H]1CCCO1. The van der Waals surface area contributed by atoms with Crippen LogP contribution in [-0.2, 0) is 14.3 Å². The van der Waals surface area contributed by atoms with Crippen molar-refractivity contribution in [1.29, 1.82) is 0 Å². The lowest BCUT2D eigenvalue weighted by molar-refractivity contribution is -0.663. The maximum Gasteiger partial charge on any atom is 0.278 e. The Morgan fingerprint density at radius 1 is 1.37 bits per heavy atom. The predicted octanol–water partition coefficient (Wildman–Crippen LogP) is -1.24. The van der Waals surface area contributed by atoms with E-state index in [4.69, 9.17) is 4.74 Å². The molecule has 1 heterocycles. The summed E-state index contributed by atoms with van der Waals surface area (Å²) in [6, 6.07) is -0.135. The molecule has 19 heavy (non-hydrogen) atoms. The third-order valence-corrected chi connectivity index (χ3v) is 3.05. The van der Waals surface area contributed by atoms with Crippen LogP contribution >= 0.6 is 0 Å². The molecule has 1 fully saturated rings. The quantitative estimate of drug-likeness (QED) is 0.542. The van der Waals surface area contributed by atoms with Crippen molar-refractivity contribution in [2.24, 2.45) is 0 Å².